The topological polar surface area (TPSA) is 44.4 Å². The standard InChI is InChI=1S/C14H19N3O/c1-17-9-11(7-14(17)18)16-13-4-2-3-10-5-6-15-8-12(10)13/h2-4,11,15-16H,5-9H2,1H3/t11-/m1/s1. The number of likely N-dealkylation sites (N-methyl/N-ethyl adjacent to an activating group) is 1. The van der Waals surface area contributed by atoms with Crippen molar-refractivity contribution >= 4 is 11.6 Å². The predicted molar refractivity (Wildman–Crippen MR) is 71.5 cm³/mol. The van der Waals surface area contributed by atoms with Crippen LogP contribution in [0.2, 0.25) is 0 Å². The molecule has 0 unspecified atom stereocenters. The minimum absolute atomic E-state index is 0.232. The zero-order chi connectivity index (χ0) is 12.5. The Bertz CT molecular complexity index is 472. The van der Waals surface area contributed by atoms with Crippen molar-refractivity contribution in [3.05, 3.63) is 29.3 Å². The maximum atomic E-state index is 11.5. The van der Waals surface area contributed by atoms with E-state index < -0.39 is 0 Å². The molecule has 18 heavy (non-hydrogen) atoms. The first-order chi connectivity index (χ1) is 8.74. The smallest absolute Gasteiger partial charge is 0.224 e. The minimum Gasteiger partial charge on any atom is -0.380 e. The van der Waals surface area contributed by atoms with Crippen molar-refractivity contribution in [1.82, 2.24) is 10.2 Å². The molecule has 1 aromatic carbocycles. The van der Waals surface area contributed by atoms with Crippen LogP contribution in [-0.2, 0) is 17.8 Å². The van der Waals surface area contributed by atoms with E-state index in [-0.39, 0.29) is 11.9 Å². The summed E-state index contributed by atoms with van der Waals surface area (Å²) in [5.74, 6) is 0.232. The Kier molecular flexibility index (Phi) is 2.96. The molecule has 96 valence electrons. The van der Waals surface area contributed by atoms with E-state index in [4.69, 9.17) is 0 Å². The molecule has 0 radical (unpaired) electrons. The first-order valence-corrected chi connectivity index (χ1v) is 6.56. The van der Waals surface area contributed by atoms with Gasteiger partial charge < -0.3 is 15.5 Å². The van der Waals surface area contributed by atoms with E-state index in [0.29, 0.717) is 6.42 Å². The monoisotopic (exact) mass is 245 g/mol. The molecule has 0 bridgehead atoms. The molecule has 4 heteroatoms. The number of nitrogens with zero attached hydrogens (tertiary/aromatic N) is 1. The second-order valence-corrected chi connectivity index (χ2v) is 5.19. The lowest BCUT2D eigenvalue weighted by Gasteiger charge is -2.23. The molecule has 0 aromatic heterocycles. The molecule has 1 saturated heterocycles. The number of likely N-dealkylation sites (tertiary alicyclic amines) is 1. The van der Waals surface area contributed by atoms with Crippen molar-refractivity contribution in [1.29, 1.82) is 0 Å². The quantitative estimate of drug-likeness (QED) is 0.816. The number of amides is 1. The van der Waals surface area contributed by atoms with Crippen molar-refractivity contribution in [2.24, 2.45) is 0 Å². The first-order valence-electron chi connectivity index (χ1n) is 6.56. The van der Waals surface area contributed by atoms with Crippen molar-refractivity contribution < 1.29 is 4.79 Å². The van der Waals surface area contributed by atoms with Crippen molar-refractivity contribution in [3.8, 4) is 0 Å². The molecule has 2 heterocycles. The number of fused-ring (bicyclic) bond motifs is 1. The van der Waals surface area contributed by atoms with E-state index in [1.807, 2.05) is 7.05 Å². The second-order valence-electron chi connectivity index (χ2n) is 5.19. The predicted octanol–water partition coefficient (Wildman–Crippen LogP) is 0.975. The fourth-order valence-electron chi connectivity index (χ4n) is 2.83. The summed E-state index contributed by atoms with van der Waals surface area (Å²) in [5, 5.41) is 6.93. The third-order valence-electron chi connectivity index (χ3n) is 3.85. The lowest BCUT2D eigenvalue weighted by molar-refractivity contribution is -0.126. The first kappa shape index (κ1) is 11.5. The average molecular weight is 245 g/mol. The van der Waals surface area contributed by atoms with E-state index in [1.165, 1.54) is 16.8 Å². The number of anilines is 1. The van der Waals surface area contributed by atoms with Gasteiger partial charge in [0.25, 0.3) is 0 Å². The molecule has 2 aliphatic heterocycles. The van der Waals surface area contributed by atoms with Gasteiger partial charge in [0, 0.05) is 32.2 Å². The molecular formula is C14H19N3O. The minimum atomic E-state index is 0.232. The van der Waals surface area contributed by atoms with E-state index >= 15 is 0 Å². The molecule has 1 aromatic rings. The molecule has 4 nitrogen and oxygen atoms in total. The van der Waals surface area contributed by atoms with Gasteiger partial charge in [0.2, 0.25) is 5.91 Å². The summed E-state index contributed by atoms with van der Waals surface area (Å²) in [6, 6.07) is 6.67. The fraction of sp³-hybridized carbons (Fsp3) is 0.500. The molecular weight excluding hydrogens is 226 g/mol. The maximum absolute atomic E-state index is 11.5. The van der Waals surface area contributed by atoms with Gasteiger partial charge >= 0.3 is 0 Å². The number of hydrogen-bond acceptors (Lipinski definition) is 3. The van der Waals surface area contributed by atoms with Crippen LogP contribution in [0.3, 0.4) is 0 Å². The third-order valence-corrected chi connectivity index (χ3v) is 3.85. The van der Waals surface area contributed by atoms with Gasteiger partial charge in [0.05, 0.1) is 6.04 Å². The Hall–Kier alpha value is -1.55. The molecule has 0 aliphatic carbocycles. The molecule has 0 saturated carbocycles. The van der Waals surface area contributed by atoms with Gasteiger partial charge in [-0.1, -0.05) is 12.1 Å². The summed E-state index contributed by atoms with van der Waals surface area (Å²) in [5.41, 5.74) is 3.98. The molecule has 1 atom stereocenters. The normalized spacial score (nSPS) is 23.1. The van der Waals surface area contributed by atoms with Crippen LogP contribution in [0.5, 0.6) is 0 Å². The van der Waals surface area contributed by atoms with Crippen LogP contribution in [-0.4, -0.2) is 37.0 Å². The summed E-state index contributed by atoms with van der Waals surface area (Å²) in [6.07, 6.45) is 1.70. The van der Waals surface area contributed by atoms with Gasteiger partial charge in [0.1, 0.15) is 0 Å². The highest BCUT2D eigenvalue weighted by molar-refractivity contribution is 5.79. The number of benzene rings is 1. The van der Waals surface area contributed by atoms with Crippen LogP contribution in [0.1, 0.15) is 17.5 Å². The molecule has 2 N–H and O–H groups in total. The highest BCUT2D eigenvalue weighted by atomic mass is 16.2. The van der Waals surface area contributed by atoms with Crippen LogP contribution in [0.15, 0.2) is 18.2 Å². The van der Waals surface area contributed by atoms with Crippen molar-refractivity contribution in [3.63, 3.8) is 0 Å². The molecule has 3 rings (SSSR count). The van der Waals surface area contributed by atoms with Crippen LogP contribution in [0, 0.1) is 0 Å². The average Bonchev–Trinajstić information content (AvgIpc) is 2.69. The maximum Gasteiger partial charge on any atom is 0.224 e. The van der Waals surface area contributed by atoms with E-state index in [1.54, 1.807) is 4.90 Å². The number of rotatable bonds is 2. The van der Waals surface area contributed by atoms with Gasteiger partial charge in [-0.3, -0.25) is 4.79 Å². The SMILES string of the molecule is CN1C[C@H](Nc2cccc3c2CNCC3)CC1=O. The Morgan fingerprint density at radius 1 is 1.44 bits per heavy atom. The lowest BCUT2D eigenvalue weighted by Crippen LogP contribution is -2.28. The van der Waals surface area contributed by atoms with Gasteiger partial charge in [-0.2, -0.15) is 0 Å². The number of nitrogens with one attached hydrogen (secondary N) is 2. The van der Waals surface area contributed by atoms with E-state index in [0.717, 1.165) is 26.1 Å². The highest BCUT2D eigenvalue weighted by Gasteiger charge is 2.27. The van der Waals surface area contributed by atoms with Crippen LogP contribution >= 0.6 is 0 Å². The Morgan fingerprint density at radius 2 is 2.33 bits per heavy atom. The van der Waals surface area contributed by atoms with Gasteiger partial charge in [-0.15, -0.1) is 0 Å². The number of carbonyl (C=O) groups is 1. The van der Waals surface area contributed by atoms with E-state index in [9.17, 15) is 4.79 Å². The second kappa shape index (κ2) is 4.61. The summed E-state index contributed by atoms with van der Waals surface area (Å²) in [4.78, 5) is 13.3. The molecule has 0 spiro atoms. The lowest BCUT2D eigenvalue weighted by atomic mass is 9.99. The summed E-state index contributed by atoms with van der Waals surface area (Å²) in [7, 11) is 1.87. The zero-order valence-electron chi connectivity index (χ0n) is 10.7. The summed E-state index contributed by atoms with van der Waals surface area (Å²) < 4.78 is 0. The third kappa shape index (κ3) is 2.08. The molecule has 2 aliphatic rings. The van der Waals surface area contributed by atoms with Crippen LogP contribution in [0.25, 0.3) is 0 Å². The zero-order valence-corrected chi connectivity index (χ0v) is 10.7. The van der Waals surface area contributed by atoms with Crippen molar-refractivity contribution in [2.45, 2.75) is 25.4 Å². The van der Waals surface area contributed by atoms with Crippen LogP contribution in [0.4, 0.5) is 5.69 Å². The summed E-state index contributed by atoms with van der Waals surface area (Å²) in [6.45, 7) is 2.78. The Labute approximate surface area is 107 Å². The largest absolute Gasteiger partial charge is 0.380 e. The van der Waals surface area contributed by atoms with Crippen LogP contribution < -0.4 is 10.6 Å². The Morgan fingerprint density at radius 3 is 3.11 bits per heavy atom. The van der Waals surface area contributed by atoms with E-state index in [2.05, 4.69) is 28.8 Å². The van der Waals surface area contributed by atoms with Gasteiger partial charge in [-0.05, 0) is 30.2 Å². The number of hydrogen-bond donors (Lipinski definition) is 2. The Balaban J connectivity index is 1.79. The fourth-order valence-corrected chi connectivity index (χ4v) is 2.83. The highest BCUT2D eigenvalue weighted by Crippen LogP contribution is 2.25. The number of carbonyl (C=O) groups excluding carboxylic acids is 1. The molecule has 1 amide bonds. The van der Waals surface area contributed by atoms with Gasteiger partial charge in [-0.25, -0.2) is 0 Å². The summed E-state index contributed by atoms with van der Waals surface area (Å²) >= 11 is 0. The van der Waals surface area contributed by atoms with Crippen molar-refractivity contribution in [2.75, 3.05) is 25.5 Å². The van der Waals surface area contributed by atoms with Gasteiger partial charge in [0.15, 0.2) is 0 Å². The molecule has 1 fully saturated rings.